The SMILES string of the molecule is CC(C)C1CCCCC1NC(=O)c1cc(I)ccc1O. The Morgan fingerprint density at radius 3 is 2.75 bits per heavy atom. The quantitative estimate of drug-likeness (QED) is 0.772. The number of halogens is 1. The summed E-state index contributed by atoms with van der Waals surface area (Å²) in [5.41, 5.74) is 0.380. The van der Waals surface area contributed by atoms with Gasteiger partial charge in [-0.3, -0.25) is 4.79 Å². The molecule has 2 rings (SSSR count). The summed E-state index contributed by atoms with van der Waals surface area (Å²) >= 11 is 2.15. The van der Waals surface area contributed by atoms with Crippen molar-refractivity contribution in [3.05, 3.63) is 27.3 Å². The van der Waals surface area contributed by atoms with Crippen molar-refractivity contribution in [1.29, 1.82) is 0 Å². The molecule has 1 aromatic rings. The molecule has 0 aliphatic heterocycles. The minimum absolute atomic E-state index is 0.0554. The zero-order valence-corrected chi connectivity index (χ0v) is 14.2. The summed E-state index contributed by atoms with van der Waals surface area (Å²) in [6.07, 6.45) is 4.65. The van der Waals surface area contributed by atoms with Gasteiger partial charge in [0.15, 0.2) is 0 Å². The van der Waals surface area contributed by atoms with Crippen LogP contribution >= 0.6 is 22.6 Å². The molecule has 2 unspecified atom stereocenters. The molecule has 110 valence electrons. The largest absolute Gasteiger partial charge is 0.507 e. The van der Waals surface area contributed by atoms with Gasteiger partial charge in [-0.1, -0.05) is 26.7 Å². The lowest BCUT2D eigenvalue weighted by Crippen LogP contribution is -2.44. The molecule has 0 heterocycles. The fourth-order valence-corrected chi connectivity index (χ4v) is 3.56. The Balaban J connectivity index is 2.11. The van der Waals surface area contributed by atoms with Crippen LogP contribution in [-0.2, 0) is 0 Å². The maximum Gasteiger partial charge on any atom is 0.255 e. The molecule has 1 amide bonds. The van der Waals surface area contributed by atoms with E-state index in [1.165, 1.54) is 19.3 Å². The fourth-order valence-electron chi connectivity index (χ4n) is 3.07. The molecule has 20 heavy (non-hydrogen) atoms. The van der Waals surface area contributed by atoms with Crippen LogP contribution in [0.3, 0.4) is 0 Å². The number of carbonyl (C=O) groups excluding carboxylic acids is 1. The Kier molecular flexibility index (Phi) is 5.29. The summed E-state index contributed by atoms with van der Waals surface area (Å²) in [5, 5.41) is 13.0. The first kappa shape index (κ1) is 15.6. The molecule has 0 saturated heterocycles. The van der Waals surface area contributed by atoms with Crippen molar-refractivity contribution in [2.45, 2.75) is 45.6 Å². The van der Waals surface area contributed by atoms with Crippen LogP contribution in [-0.4, -0.2) is 17.1 Å². The number of phenols is 1. The number of aromatic hydroxyl groups is 1. The maximum atomic E-state index is 12.4. The lowest BCUT2D eigenvalue weighted by molar-refractivity contribution is 0.0886. The van der Waals surface area contributed by atoms with Crippen LogP contribution in [0.1, 0.15) is 49.9 Å². The van der Waals surface area contributed by atoms with Crippen LogP contribution in [0.5, 0.6) is 5.75 Å². The number of hydrogen-bond acceptors (Lipinski definition) is 2. The number of benzene rings is 1. The van der Waals surface area contributed by atoms with Crippen LogP contribution in [0.25, 0.3) is 0 Å². The third kappa shape index (κ3) is 3.65. The van der Waals surface area contributed by atoms with E-state index in [1.807, 2.05) is 0 Å². The number of phenolic OH excluding ortho intramolecular Hbond substituents is 1. The summed E-state index contributed by atoms with van der Waals surface area (Å²) in [6.45, 7) is 4.44. The standard InChI is InChI=1S/C16H22INO2/c1-10(2)12-5-3-4-6-14(12)18-16(20)13-9-11(17)7-8-15(13)19/h7-10,12,14,19H,3-6H2,1-2H3,(H,18,20). The molecule has 3 nitrogen and oxygen atoms in total. The van der Waals surface area contributed by atoms with Crippen molar-refractivity contribution < 1.29 is 9.90 Å². The predicted molar refractivity (Wildman–Crippen MR) is 88.9 cm³/mol. The maximum absolute atomic E-state index is 12.4. The Bertz CT molecular complexity index is 487. The van der Waals surface area contributed by atoms with Gasteiger partial charge in [0.2, 0.25) is 0 Å². The highest BCUT2D eigenvalue weighted by atomic mass is 127. The summed E-state index contributed by atoms with van der Waals surface area (Å²) < 4.78 is 0.953. The van der Waals surface area contributed by atoms with E-state index in [4.69, 9.17) is 0 Å². The summed E-state index contributed by atoms with van der Waals surface area (Å²) in [6, 6.07) is 5.34. The van der Waals surface area contributed by atoms with E-state index in [2.05, 4.69) is 41.8 Å². The second-order valence-electron chi connectivity index (χ2n) is 5.93. The zero-order valence-electron chi connectivity index (χ0n) is 12.0. The van der Waals surface area contributed by atoms with Crippen molar-refractivity contribution in [2.24, 2.45) is 11.8 Å². The van der Waals surface area contributed by atoms with Crippen LogP contribution in [0, 0.1) is 15.4 Å². The first-order valence-corrected chi connectivity index (χ1v) is 8.36. The molecular weight excluding hydrogens is 365 g/mol. The smallest absolute Gasteiger partial charge is 0.255 e. The summed E-state index contributed by atoms with van der Waals surface area (Å²) in [4.78, 5) is 12.4. The number of hydrogen-bond donors (Lipinski definition) is 2. The average molecular weight is 387 g/mol. The molecule has 2 atom stereocenters. The van der Waals surface area contributed by atoms with Gasteiger partial charge in [0.05, 0.1) is 5.56 Å². The van der Waals surface area contributed by atoms with Crippen LogP contribution < -0.4 is 5.32 Å². The third-order valence-electron chi connectivity index (χ3n) is 4.20. The van der Waals surface area contributed by atoms with Crippen molar-refractivity contribution >= 4 is 28.5 Å². The van der Waals surface area contributed by atoms with E-state index in [1.54, 1.807) is 18.2 Å². The second-order valence-corrected chi connectivity index (χ2v) is 7.18. The van der Waals surface area contributed by atoms with Gasteiger partial charge in [0.25, 0.3) is 5.91 Å². The molecule has 1 saturated carbocycles. The van der Waals surface area contributed by atoms with Gasteiger partial charge >= 0.3 is 0 Å². The molecule has 0 bridgehead atoms. The number of nitrogens with one attached hydrogen (secondary N) is 1. The molecule has 1 aliphatic rings. The molecule has 1 aromatic carbocycles. The van der Waals surface area contributed by atoms with Crippen molar-refractivity contribution in [3.8, 4) is 5.75 Å². The summed E-state index contributed by atoms with van der Waals surface area (Å²) in [5.74, 6) is 1.01. The molecule has 0 aromatic heterocycles. The Labute approximate surface area is 134 Å². The van der Waals surface area contributed by atoms with E-state index in [0.717, 1.165) is 9.99 Å². The Morgan fingerprint density at radius 2 is 2.05 bits per heavy atom. The third-order valence-corrected chi connectivity index (χ3v) is 4.87. The highest BCUT2D eigenvalue weighted by molar-refractivity contribution is 14.1. The van der Waals surface area contributed by atoms with Gasteiger partial charge in [-0.25, -0.2) is 0 Å². The number of rotatable bonds is 3. The molecule has 1 fully saturated rings. The van der Waals surface area contributed by atoms with Crippen molar-refractivity contribution in [3.63, 3.8) is 0 Å². The molecular formula is C16H22INO2. The van der Waals surface area contributed by atoms with Crippen molar-refractivity contribution in [2.75, 3.05) is 0 Å². The van der Waals surface area contributed by atoms with E-state index in [0.29, 0.717) is 17.4 Å². The Hall–Kier alpha value is -0.780. The van der Waals surface area contributed by atoms with Gasteiger partial charge in [0.1, 0.15) is 5.75 Å². The highest BCUT2D eigenvalue weighted by Gasteiger charge is 2.29. The van der Waals surface area contributed by atoms with Gasteiger partial charge in [-0.05, 0) is 65.5 Å². The molecule has 0 radical (unpaired) electrons. The van der Waals surface area contributed by atoms with Crippen LogP contribution in [0.4, 0.5) is 0 Å². The monoisotopic (exact) mass is 387 g/mol. The first-order valence-electron chi connectivity index (χ1n) is 7.28. The topological polar surface area (TPSA) is 49.3 Å². The minimum Gasteiger partial charge on any atom is -0.507 e. The zero-order chi connectivity index (χ0) is 14.7. The molecule has 2 N–H and O–H groups in total. The van der Waals surface area contributed by atoms with Crippen molar-refractivity contribution in [1.82, 2.24) is 5.32 Å². The lowest BCUT2D eigenvalue weighted by Gasteiger charge is -2.35. The first-order chi connectivity index (χ1) is 9.49. The molecule has 1 aliphatic carbocycles. The summed E-state index contributed by atoms with van der Waals surface area (Å²) in [7, 11) is 0. The van der Waals surface area contributed by atoms with Gasteiger partial charge in [0, 0.05) is 9.61 Å². The predicted octanol–water partition coefficient (Wildman–Crippen LogP) is 3.94. The van der Waals surface area contributed by atoms with E-state index < -0.39 is 0 Å². The van der Waals surface area contributed by atoms with Crippen LogP contribution in [0.2, 0.25) is 0 Å². The Morgan fingerprint density at radius 1 is 1.35 bits per heavy atom. The van der Waals surface area contributed by atoms with E-state index >= 15 is 0 Å². The van der Waals surface area contributed by atoms with Gasteiger partial charge < -0.3 is 10.4 Å². The molecule has 0 spiro atoms. The molecule has 4 heteroatoms. The number of amides is 1. The highest BCUT2D eigenvalue weighted by Crippen LogP contribution is 2.30. The second kappa shape index (κ2) is 6.78. The van der Waals surface area contributed by atoms with E-state index in [-0.39, 0.29) is 17.7 Å². The van der Waals surface area contributed by atoms with Gasteiger partial charge in [-0.2, -0.15) is 0 Å². The average Bonchev–Trinajstić information content (AvgIpc) is 2.41. The fraction of sp³-hybridized carbons (Fsp3) is 0.562. The van der Waals surface area contributed by atoms with E-state index in [9.17, 15) is 9.90 Å². The van der Waals surface area contributed by atoms with Crippen LogP contribution in [0.15, 0.2) is 18.2 Å². The number of carbonyl (C=O) groups is 1. The van der Waals surface area contributed by atoms with Gasteiger partial charge in [-0.15, -0.1) is 0 Å². The minimum atomic E-state index is -0.154. The lowest BCUT2D eigenvalue weighted by atomic mass is 9.78. The normalized spacial score (nSPS) is 22.8.